The smallest absolute Gasteiger partial charge is 0.263 e. The largest absolute Gasteiger partial charge is 0.344 e. The van der Waals surface area contributed by atoms with E-state index in [2.05, 4.69) is 9.80 Å². The Balaban J connectivity index is 1.33. The minimum Gasteiger partial charge on any atom is -0.344 e. The first kappa shape index (κ1) is 19.9. The lowest BCUT2D eigenvalue weighted by Crippen LogP contribution is -2.53. The zero-order valence-corrected chi connectivity index (χ0v) is 18.1. The Bertz CT molecular complexity index is 715. The Morgan fingerprint density at radius 3 is 2.43 bits per heavy atom. The van der Waals surface area contributed by atoms with Crippen LogP contribution in [0.15, 0.2) is 6.07 Å². The molecule has 1 saturated carbocycles. The summed E-state index contributed by atoms with van der Waals surface area (Å²) in [5, 5.41) is 0. The number of aryl methyl sites for hydroxylation is 1. The number of hydrogen-bond donors (Lipinski definition) is 0. The van der Waals surface area contributed by atoms with E-state index in [4.69, 9.17) is 0 Å². The van der Waals surface area contributed by atoms with Crippen LogP contribution >= 0.6 is 11.3 Å². The van der Waals surface area contributed by atoms with Gasteiger partial charge in [0.15, 0.2) is 0 Å². The molecule has 0 bridgehead atoms. The summed E-state index contributed by atoms with van der Waals surface area (Å²) in [5.41, 5.74) is 1.22. The first-order chi connectivity index (χ1) is 13.5. The van der Waals surface area contributed by atoms with Gasteiger partial charge in [0, 0.05) is 57.1 Å². The maximum absolute atomic E-state index is 13.1. The van der Waals surface area contributed by atoms with Gasteiger partial charge in [-0.25, -0.2) is 0 Å². The molecule has 1 atom stereocenters. The van der Waals surface area contributed by atoms with Crippen molar-refractivity contribution in [2.45, 2.75) is 57.4 Å². The van der Waals surface area contributed by atoms with Gasteiger partial charge in [-0.1, -0.05) is 19.3 Å². The second kappa shape index (κ2) is 8.54. The first-order valence-electron chi connectivity index (χ1n) is 10.9. The molecule has 154 valence electrons. The lowest BCUT2D eigenvalue weighted by molar-refractivity contribution is -0.138. The quantitative estimate of drug-likeness (QED) is 0.779. The van der Waals surface area contributed by atoms with Crippen molar-refractivity contribution in [2.75, 3.05) is 40.3 Å². The molecule has 28 heavy (non-hydrogen) atoms. The topological polar surface area (TPSA) is 43.9 Å². The van der Waals surface area contributed by atoms with Crippen molar-refractivity contribution in [3.8, 4) is 0 Å². The average molecular weight is 404 g/mol. The molecule has 1 aliphatic heterocycles. The second-order valence-electron chi connectivity index (χ2n) is 8.85. The van der Waals surface area contributed by atoms with Crippen LogP contribution in [0.5, 0.6) is 0 Å². The molecule has 4 rings (SSSR count). The predicted octanol–water partition coefficient (Wildman–Crippen LogP) is 3.03. The molecule has 2 fully saturated rings. The summed E-state index contributed by atoms with van der Waals surface area (Å²) in [6, 6.07) is 2.78. The molecule has 0 aromatic carbocycles. The van der Waals surface area contributed by atoms with Gasteiger partial charge in [0.2, 0.25) is 5.91 Å². The van der Waals surface area contributed by atoms with E-state index in [0.717, 1.165) is 56.4 Å². The van der Waals surface area contributed by atoms with Gasteiger partial charge in [-0.2, -0.15) is 0 Å². The lowest BCUT2D eigenvalue weighted by Gasteiger charge is -2.41. The summed E-state index contributed by atoms with van der Waals surface area (Å²) in [4.78, 5) is 33.8. The summed E-state index contributed by atoms with van der Waals surface area (Å²) in [6.45, 7) is 3.84. The molecule has 2 aliphatic carbocycles. The third kappa shape index (κ3) is 4.13. The zero-order valence-electron chi connectivity index (χ0n) is 17.3. The highest BCUT2D eigenvalue weighted by Gasteiger charge is 2.33. The molecule has 5 nitrogen and oxygen atoms in total. The van der Waals surface area contributed by atoms with Crippen LogP contribution in [-0.4, -0.2) is 72.8 Å². The maximum atomic E-state index is 13.1. The van der Waals surface area contributed by atoms with E-state index in [1.165, 1.54) is 42.5 Å². The van der Waals surface area contributed by atoms with Crippen molar-refractivity contribution in [3.63, 3.8) is 0 Å². The van der Waals surface area contributed by atoms with Crippen LogP contribution in [0.1, 0.15) is 58.6 Å². The fourth-order valence-corrected chi connectivity index (χ4v) is 6.30. The molecule has 2 amide bonds. The number of thiophene rings is 1. The summed E-state index contributed by atoms with van der Waals surface area (Å²) >= 11 is 1.61. The van der Waals surface area contributed by atoms with Crippen LogP contribution in [0.25, 0.3) is 0 Å². The summed E-state index contributed by atoms with van der Waals surface area (Å²) in [5.74, 6) is 0.493. The molecule has 0 unspecified atom stereocenters. The molecule has 6 heteroatoms. The van der Waals surface area contributed by atoms with Crippen LogP contribution < -0.4 is 0 Å². The standard InChI is InChI=1S/C22H33N3O2S/c1-23(2)22(27)20-15-17-14-16(8-9-19(17)28-20)21(26)25-12-10-24(11-13-25)18-6-4-3-5-7-18/h15-16,18H,3-14H2,1-2H3/t16-/m1/s1. The van der Waals surface area contributed by atoms with Gasteiger partial charge in [0.25, 0.3) is 5.91 Å². The van der Waals surface area contributed by atoms with Crippen molar-refractivity contribution in [1.29, 1.82) is 0 Å². The Hall–Kier alpha value is -1.40. The Morgan fingerprint density at radius 2 is 1.75 bits per heavy atom. The van der Waals surface area contributed by atoms with Gasteiger partial charge in [0.1, 0.15) is 0 Å². The highest BCUT2D eigenvalue weighted by molar-refractivity contribution is 7.14. The predicted molar refractivity (Wildman–Crippen MR) is 113 cm³/mol. The molecule has 2 heterocycles. The van der Waals surface area contributed by atoms with Crippen molar-refractivity contribution in [1.82, 2.24) is 14.7 Å². The highest BCUT2D eigenvalue weighted by Crippen LogP contribution is 2.34. The summed E-state index contributed by atoms with van der Waals surface area (Å²) in [6.07, 6.45) is 9.46. The highest BCUT2D eigenvalue weighted by atomic mass is 32.1. The van der Waals surface area contributed by atoms with Crippen molar-refractivity contribution in [3.05, 3.63) is 21.4 Å². The number of nitrogens with zero attached hydrogens (tertiary/aromatic N) is 3. The van der Waals surface area contributed by atoms with Gasteiger partial charge in [0.05, 0.1) is 4.88 Å². The van der Waals surface area contributed by atoms with E-state index in [0.29, 0.717) is 5.91 Å². The number of piperazine rings is 1. The molecule has 0 spiro atoms. The van der Waals surface area contributed by atoms with Gasteiger partial charge in [-0.3, -0.25) is 14.5 Å². The third-order valence-electron chi connectivity index (χ3n) is 6.77. The van der Waals surface area contributed by atoms with Gasteiger partial charge in [-0.15, -0.1) is 11.3 Å². The normalized spacial score (nSPS) is 24.1. The van der Waals surface area contributed by atoms with E-state index < -0.39 is 0 Å². The number of carbonyl (C=O) groups is 2. The molecule has 1 aromatic heterocycles. The zero-order chi connectivity index (χ0) is 19.7. The fourth-order valence-electron chi connectivity index (χ4n) is 5.07. The number of carbonyl (C=O) groups excluding carboxylic acids is 2. The van der Waals surface area contributed by atoms with E-state index in [1.807, 2.05) is 6.07 Å². The van der Waals surface area contributed by atoms with Crippen molar-refractivity contribution in [2.24, 2.45) is 5.92 Å². The molecule has 1 aromatic rings. The first-order valence-corrected chi connectivity index (χ1v) is 11.7. The van der Waals surface area contributed by atoms with E-state index in [9.17, 15) is 9.59 Å². The lowest BCUT2D eigenvalue weighted by atomic mass is 9.87. The summed E-state index contributed by atoms with van der Waals surface area (Å²) < 4.78 is 0. The van der Waals surface area contributed by atoms with E-state index >= 15 is 0 Å². The van der Waals surface area contributed by atoms with Gasteiger partial charge in [-0.05, 0) is 43.7 Å². The number of fused-ring (bicyclic) bond motifs is 1. The van der Waals surface area contributed by atoms with Gasteiger partial charge >= 0.3 is 0 Å². The molecule has 0 N–H and O–H groups in total. The van der Waals surface area contributed by atoms with Crippen molar-refractivity contribution >= 4 is 23.2 Å². The summed E-state index contributed by atoms with van der Waals surface area (Å²) in [7, 11) is 3.58. The van der Waals surface area contributed by atoms with Crippen LogP contribution in [0, 0.1) is 5.92 Å². The van der Waals surface area contributed by atoms with Crippen LogP contribution in [0.3, 0.4) is 0 Å². The Kier molecular flexibility index (Phi) is 6.07. The Labute approximate surface area is 172 Å². The van der Waals surface area contributed by atoms with Crippen molar-refractivity contribution < 1.29 is 9.59 Å². The minimum absolute atomic E-state index is 0.0705. The maximum Gasteiger partial charge on any atom is 0.263 e. The van der Waals surface area contributed by atoms with Crippen LogP contribution in [0.4, 0.5) is 0 Å². The third-order valence-corrected chi connectivity index (χ3v) is 7.99. The van der Waals surface area contributed by atoms with Gasteiger partial charge < -0.3 is 9.80 Å². The SMILES string of the molecule is CN(C)C(=O)c1cc2c(s1)CC[C@@H](C(=O)N1CCN(C3CCCCC3)CC1)C2. The minimum atomic E-state index is 0.0705. The Morgan fingerprint density at radius 1 is 1.04 bits per heavy atom. The van der Waals surface area contributed by atoms with E-state index in [1.54, 1.807) is 30.3 Å². The fraction of sp³-hybridized carbons (Fsp3) is 0.727. The molecular formula is C22H33N3O2S. The van der Waals surface area contributed by atoms with Crippen LogP contribution in [0.2, 0.25) is 0 Å². The molecular weight excluding hydrogens is 370 g/mol. The molecule has 0 radical (unpaired) electrons. The monoisotopic (exact) mass is 403 g/mol. The molecule has 3 aliphatic rings. The van der Waals surface area contributed by atoms with E-state index in [-0.39, 0.29) is 11.8 Å². The number of amides is 2. The number of rotatable bonds is 3. The number of hydrogen-bond acceptors (Lipinski definition) is 4. The molecule has 1 saturated heterocycles. The van der Waals surface area contributed by atoms with Crippen LogP contribution in [-0.2, 0) is 17.6 Å². The average Bonchev–Trinajstić information content (AvgIpc) is 3.16. The second-order valence-corrected chi connectivity index (χ2v) is 9.99.